The summed E-state index contributed by atoms with van der Waals surface area (Å²) < 4.78 is 27.8. The van der Waals surface area contributed by atoms with E-state index in [0.29, 0.717) is 24.1 Å². The van der Waals surface area contributed by atoms with Crippen molar-refractivity contribution in [3.05, 3.63) is 35.4 Å². The van der Waals surface area contributed by atoms with Gasteiger partial charge in [0.05, 0.1) is 5.70 Å². The molecule has 0 bridgehead atoms. The van der Waals surface area contributed by atoms with Crippen LogP contribution in [0, 0.1) is 0 Å². The Morgan fingerprint density at radius 2 is 2.04 bits per heavy atom. The van der Waals surface area contributed by atoms with E-state index in [-0.39, 0.29) is 22.4 Å². The average molecular weight is 406 g/mol. The summed E-state index contributed by atoms with van der Waals surface area (Å²) in [7, 11) is -4.09. The third-order valence-electron chi connectivity index (χ3n) is 5.40. The number of amides is 1. The fourth-order valence-corrected chi connectivity index (χ4v) is 5.23. The maximum absolute atomic E-state index is 12.7. The van der Waals surface area contributed by atoms with Crippen molar-refractivity contribution >= 4 is 21.7 Å². The first-order chi connectivity index (χ1) is 13.2. The second-order valence-electron chi connectivity index (χ2n) is 7.31. The summed E-state index contributed by atoms with van der Waals surface area (Å²) in [6.07, 6.45) is 5.49. The summed E-state index contributed by atoms with van der Waals surface area (Å²) in [5.41, 5.74) is 5.86. The minimum Gasteiger partial charge on any atom is -0.384 e. The van der Waals surface area contributed by atoms with E-state index in [2.05, 4.69) is 20.0 Å². The molecule has 3 heterocycles. The van der Waals surface area contributed by atoms with Crippen LogP contribution in [0.15, 0.2) is 40.5 Å². The molecule has 3 aliphatic rings. The highest BCUT2D eigenvalue weighted by Gasteiger charge is 2.53. The molecule has 150 valence electrons. The molecule has 2 fully saturated rings. The number of nitrogens with zero attached hydrogens (tertiary/aromatic N) is 3. The topological polar surface area (TPSA) is 151 Å². The summed E-state index contributed by atoms with van der Waals surface area (Å²) in [6.45, 7) is 1.71. The van der Waals surface area contributed by atoms with Gasteiger partial charge in [-0.2, -0.15) is 8.42 Å². The van der Waals surface area contributed by atoms with Crippen LogP contribution >= 0.6 is 0 Å². The number of aliphatic hydroxyl groups excluding tert-OH is 1. The molecular formula is C17H22N6O4S. The zero-order valence-corrected chi connectivity index (χ0v) is 16.2. The Bertz CT molecular complexity index is 997. The summed E-state index contributed by atoms with van der Waals surface area (Å²) in [4.78, 5) is 21.6. The highest BCUT2D eigenvalue weighted by molar-refractivity contribution is 7.89. The van der Waals surface area contributed by atoms with Gasteiger partial charge < -0.3 is 21.1 Å². The number of nitrogens with one attached hydrogen (secondary N) is 2. The number of nitrogen functional groups attached to an aromatic ring is 1. The number of carbonyl (C=O) groups is 1. The Kier molecular flexibility index (Phi) is 4.31. The highest BCUT2D eigenvalue weighted by Crippen LogP contribution is 2.43. The Balaban J connectivity index is 1.70. The molecule has 0 aromatic carbocycles. The summed E-state index contributed by atoms with van der Waals surface area (Å²) >= 11 is 0. The van der Waals surface area contributed by atoms with Crippen molar-refractivity contribution in [1.82, 2.24) is 24.9 Å². The first-order valence-electron chi connectivity index (χ1n) is 9.06. The molecule has 28 heavy (non-hydrogen) atoms. The summed E-state index contributed by atoms with van der Waals surface area (Å²) in [5, 5.41) is 13.7. The number of anilines is 1. The van der Waals surface area contributed by atoms with Gasteiger partial charge in [-0.1, -0.05) is 6.42 Å². The molecule has 10 nitrogen and oxygen atoms in total. The van der Waals surface area contributed by atoms with Gasteiger partial charge in [-0.25, -0.2) is 9.97 Å². The zero-order valence-electron chi connectivity index (χ0n) is 15.3. The number of allylic oxidation sites excluding steroid dienone is 2. The second kappa shape index (κ2) is 6.45. The maximum Gasteiger partial charge on any atom is 0.279 e. The molecule has 5 N–H and O–H groups in total. The molecule has 1 amide bonds. The van der Waals surface area contributed by atoms with Crippen LogP contribution in [-0.4, -0.2) is 46.2 Å². The van der Waals surface area contributed by atoms with Crippen LogP contribution in [0.5, 0.6) is 0 Å². The quantitative estimate of drug-likeness (QED) is 0.509. The Morgan fingerprint density at radius 3 is 2.71 bits per heavy atom. The van der Waals surface area contributed by atoms with E-state index in [0.717, 1.165) is 31.7 Å². The van der Waals surface area contributed by atoms with Crippen molar-refractivity contribution in [2.75, 3.05) is 5.73 Å². The number of rotatable bonds is 3. The molecule has 11 heteroatoms. The van der Waals surface area contributed by atoms with Gasteiger partial charge in [-0.05, 0) is 44.3 Å². The lowest BCUT2D eigenvalue weighted by Crippen LogP contribution is -2.58. The first-order valence-corrected chi connectivity index (χ1v) is 10.5. The van der Waals surface area contributed by atoms with Crippen molar-refractivity contribution < 1.29 is 18.3 Å². The molecule has 4 rings (SSSR count). The van der Waals surface area contributed by atoms with Gasteiger partial charge in [0.15, 0.2) is 11.3 Å². The van der Waals surface area contributed by atoms with E-state index in [1.54, 1.807) is 11.8 Å². The normalized spacial score (nSPS) is 24.1. The van der Waals surface area contributed by atoms with Crippen LogP contribution in [-0.2, 0) is 14.8 Å². The van der Waals surface area contributed by atoms with E-state index in [9.17, 15) is 18.3 Å². The van der Waals surface area contributed by atoms with E-state index in [1.165, 1.54) is 6.08 Å². The average Bonchev–Trinajstić information content (AvgIpc) is 2.92. The van der Waals surface area contributed by atoms with Crippen LogP contribution in [0.3, 0.4) is 0 Å². The molecular weight excluding hydrogens is 384 g/mol. The second-order valence-corrected chi connectivity index (χ2v) is 8.94. The molecule has 1 saturated heterocycles. The van der Waals surface area contributed by atoms with Gasteiger partial charge in [0.2, 0.25) is 0 Å². The number of fused-ring (bicyclic) bond motifs is 2. The van der Waals surface area contributed by atoms with Gasteiger partial charge in [0, 0.05) is 6.07 Å². The summed E-state index contributed by atoms with van der Waals surface area (Å²) in [5.74, 6) is -0.234. The van der Waals surface area contributed by atoms with Crippen LogP contribution in [0.4, 0.5) is 5.82 Å². The lowest BCUT2D eigenvalue weighted by atomic mass is 9.87. The predicted molar refractivity (Wildman–Crippen MR) is 99.4 cm³/mol. The first kappa shape index (κ1) is 18.7. The molecule has 2 aliphatic heterocycles. The van der Waals surface area contributed by atoms with Crippen molar-refractivity contribution in [1.29, 1.82) is 0 Å². The highest BCUT2D eigenvalue weighted by atomic mass is 32.2. The number of hydrogen-bond acceptors (Lipinski definition) is 8. The number of aliphatic hydroxyl groups is 1. The van der Waals surface area contributed by atoms with Gasteiger partial charge >= 0.3 is 0 Å². The van der Waals surface area contributed by atoms with Crippen LogP contribution in [0.1, 0.15) is 39.0 Å². The number of nitrogens with two attached hydrogens (primary N) is 1. The summed E-state index contributed by atoms with van der Waals surface area (Å²) in [6, 6.07) is 1.13. The maximum atomic E-state index is 12.7. The van der Waals surface area contributed by atoms with Crippen LogP contribution < -0.4 is 15.8 Å². The molecule has 1 aliphatic carbocycles. The lowest BCUT2D eigenvalue weighted by Gasteiger charge is -2.45. The van der Waals surface area contributed by atoms with E-state index >= 15 is 0 Å². The van der Waals surface area contributed by atoms with Gasteiger partial charge in [-0.3, -0.25) is 9.52 Å². The zero-order chi connectivity index (χ0) is 20.1. The largest absolute Gasteiger partial charge is 0.384 e. The standard InChI is InChI=1S/C17H22N6O4S/c1-10-7-11(22-28(26,27)13-8-12(18)19-9-20-13)16(25)23-14(10)15(24)21-17(23)5-3-2-4-6-17/h7-9,16,22,25H,2-6H2,1H3,(H,21,24)(H2,18,19,20). The molecule has 1 spiro atoms. The number of sulfonamides is 1. The van der Waals surface area contributed by atoms with E-state index in [4.69, 9.17) is 5.73 Å². The number of carbonyl (C=O) groups excluding carboxylic acids is 1. The number of aromatic nitrogens is 2. The third kappa shape index (κ3) is 2.90. The Hall–Kier alpha value is -2.66. The molecule has 1 atom stereocenters. The van der Waals surface area contributed by atoms with Crippen molar-refractivity contribution in [2.24, 2.45) is 0 Å². The van der Waals surface area contributed by atoms with Crippen LogP contribution in [0.25, 0.3) is 0 Å². The van der Waals surface area contributed by atoms with Gasteiger partial charge in [0.25, 0.3) is 15.9 Å². The Morgan fingerprint density at radius 1 is 1.32 bits per heavy atom. The van der Waals surface area contributed by atoms with Crippen molar-refractivity contribution in [2.45, 2.75) is 55.9 Å². The van der Waals surface area contributed by atoms with Crippen molar-refractivity contribution in [3.63, 3.8) is 0 Å². The fourth-order valence-electron chi connectivity index (χ4n) is 4.19. The van der Waals surface area contributed by atoms with E-state index in [1.807, 2.05) is 0 Å². The Labute approximate surface area is 162 Å². The minimum atomic E-state index is -4.09. The van der Waals surface area contributed by atoms with Gasteiger partial charge in [0.1, 0.15) is 23.5 Å². The van der Waals surface area contributed by atoms with Crippen LogP contribution in [0.2, 0.25) is 0 Å². The SMILES string of the molecule is CC1=C2C(=O)NC3(CCCCC3)N2C(O)C(NS(=O)(=O)c2cc(N)ncn2)=C1. The third-order valence-corrected chi connectivity index (χ3v) is 6.68. The monoisotopic (exact) mass is 406 g/mol. The number of hydrogen-bond donors (Lipinski definition) is 4. The molecule has 1 aromatic rings. The molecule has 0 radical (unpaired) electrons. The van der Waals surface area contributed by atoms with E-state index < -0.39 is 21.9 Å². The minimum absolute atomic E-state index is 0.0161. The smallest absolute Gasteiger partial charge is 0.279 e. The molecule has 1 aromatic heterocycles. The van der Waals surface area contributed by atoms with Crippen molar-refractivity contribution in [3.8, 4) is 0 Å². The molecule has 1 saturated carbocycles. The van der Waals surface area contributed by atoms with Gasteiger partial charge in [-0.15, -0.1) is 0 Å². The molecule has 1 unspecified atom stereocenters. The predicted octanol–water partition coefficient (Wildman–Crippen LogP) is -0.0808. The fraction of sp³-hybridized carbons (Fsp3) is 0.471. The lowest BCUT2D eigenvalue weighted by molar-refractivity contribution is -0.117.